The number of nitrogens with two attached hydrogens (primary N) is 2. The smallest absolute Gasteiger partial charge is 0.165 e. The molecular formula is C10H16N2O2S. The van der Waals surface area contributed by atoms with E-state index in [1.54, 1.807) is 12.1 Å². The minimum atomic E-state index is 0.000000000000000222. The van der Waals surface area contributed by atoms with Gasteiger partial charge in [0.1, 0.15) is 0 Å². The molecule has 0 saturated heterocycles. The van der Waals surface area contributed by atoms with E-state index in [2.05, 4.69) is 42.4 Å². The summed E-state index contributed by atoms with van der Waals surface area (Å²) in [5.74, 6) is 0.997. The van der Waals surface area contributed by atoms with E-state index in [0.717, 1.165) is 0 Å². The fraction of sp³-hybridized carbons (Fsp3) is 0.300. The lowest BCUT2D eigenvalue weighted by molar-refractivity contribution is -0.137. The van der Waals surface area contributed by atoms with Crippen molar-refractivity contribution in [1.82, 2.24) is 0 Å². The zero-order valence-corrected chi connectivity index (χ0v) is 9.62. The second-order valence-electron chi connectivity index (χ2n) is 3.22. The van der Waals surface area contributed by atoms with Crippen LogP contribution >= 0.6 is 12.2 Å². The van der Waals surface area contributed by atoms with Gasteiger partial charge < -0.3 is 16.4 Å². The van der Waals surface area contributed by atoms with Crippen LogP contribution in [0.3, 0.4) is 0 Å². The molecule has 0 atom stereocenters. The number of benzene rings is 1. The Hall–Kier alpha value is -1.33. The third-order valence-corrected chi connectivity index (χ3v) is 1.65. The van der Waals surface area contributed by atoms with E-state index in [1.165, 1.54) is 5.56 Å². The molecule has 0 bridgehead atoms. The van der Waals surface area contributed by atoms with Crippen molar-refractivity contribution < 1.29 is 10.1 Å². The molecule has 84 valence electrons. The van der Waals surface area contributed by atoms with Crippen molar-refractivity contribution in [2.75, 3.05) is 0 Å². The second kappa shape index (κ2) is 7.03. The van der Waals surface area contributed by atoms with Crippen LogP contribution in [0.15, 0.2) is 24.3 Å². The Morgan fingerprint density at radius 2 is 1.67 bits per heavy atom. The van der Waals surface area contributed by atoms with Crippen LogP contribution in [0.2, 0.25) is 0 Å². The van der Waals surface area contributed by atoms with Crippen LogP contribution in [0.5, 0.6) is 5.75 Å². The zero-order valence-electron chi connectivity index (χ0n) is 8.81. The Kier molecular flexibility index (Phi) is 6.40. The Morgan fingerprint density at radius 1 is 1.27 bits per heavy atom. The molecule has 0 saturated carbocycles. The summed E-state index contributed by atoms with van der Waals surface area (Å²) >= 11 is 4.09. The summed E-state index contributed by atoms with van der Waals surface area (Å²) in [6, 6.07) is 7.37. The van der Waals surface area contributed by atoms with Crippen molar-refractivity contribution in [2.45, 2.75) is 19.8 Å². The predicted octanol–water partition coefficient (Wildman–Crippen LogP) is 1.85. The van der Waals surface area contributed by atoms with Crippen molar-refractivity contribution in [1.29, 1.82) is 0 Å². The van der Waals surface area contributed by atoms with E-state index in [4.69, 9.17) is 5.26 Å². The molecule has 0 aliphatic carbocycles. The van der Waals surface area contributed by atoms with Gasteiger partial charge in [-0.25, -0.2) is 5.26 Å². The molecular weight excluding hydrogens is 212 g/mol. The first-order valence-corrected chi connectivity index (χ1v) is 4.84. The summed E-state index contributed by atoms with van der Waals surface area (Å²) in [7, 11) is 0. The van der Waals surface area contributed by atoms with Gasteiger partial charge in [-0.1, -0.05) is 26.0 Å². The largest absolute Gasteiger partial charge is 0.377 e. The van der Waals surface area contributed by atoms with Gasteiger partial charge in [-0.05, 0) is 35.8 Å². The van der Waals surface area contributed by atoms with Crippen molar-refractivity contribution >= 4 is 17.3 Å². The first-order valence-electron chi connectivity index (χ1n) is 4.43. The highest BCUT2D eigenvalue weighted by Gasteiger charge is 1.98. The molecule has 1 aromatic rings. The van der Waals surface area contributed by atoms with E-state index in [9.17, 15) is 0 Å². The van der Waals surface area contributed by atoms with Gasteiger partial charge in [-0.3, -0.25) is 0 Å². The number of thiocarbonyl (C=S) groups is 1. The van der Waals surface area contributed by atoms with Crippen molar-refractivity contribution in [3.05, 3.63) is 29.8 Å². The van der Waals surface area contributed by atoms with Gasteiger partial charge in [0.25, 0.3) is 0 Å². The molecule has 0 aromatic heterocycles. The molecule has 0 heterocycles. The minimum absolute atomic E-state index is 0.000000000000000222. The van der Waals surface area contributed by atoms with Gasteiger partial charge >= 0.3 is 0 Å². The Labute approximate surface area is 94.8 Å². The lowest BCUT2D eigenvalue weighted by Gasteiger charge is -2.04. The van der Waals surface area contributed by atoms with Crippen molar-refractivity contribution in [3.63, 3.8) is 0 Å². The van der Waals surface area contributed by atoms with Crippen LogP contribution < -0.4 is 16.4 Å². The van der Waals surface area contributed by atoms with Gasteiger partial charge in [0.05, 0.1) is 0 Å². The predicted molar refractivity (Wildman–Crippen MR) is 64.8 cm³/mol. The lowest BCUT2D eigenvalue weighted by Crippen LogP contribution is -2.18. The molecule has 5 N–H and O–H groups in total. The third-order valence-electron chi connectivity index (χ3n) is 1.65. The van der Waals surface area contributed by atoms with Crippen LogP contribution in [-0.4, -0.2) is 10.4 Å². The molecule has 1 aromatic carbocycles. The van der Waals surface area contributed by atoms with Crippen LogP contribution in [0.4, 0.5) is 0 Å². The van der Waals surface area contributed by atoms with Crippen LogP contribution in [-0.2, 0) is 0 Å². The quantitative estimate of drug-likeness (QED) is 0.409. The maximum absolute atomic E-state index is 8.27. The molecule has 0 amide bonds. The molecule has 4 nitrogen and oxygen atoms in total. The summed E-state index contributed by atoms with van der Waals surface area (Å²) in [6.45, 7) is 4.24. The molecule has 0 fully saturated rings. The van der Waals surface area contributed by atoms with Crippen LogP contribution in [0.1, 0.15) is 25.3 Å². The monoisotopic (exact) mass is 228 g/mol. The van der Waals surface area contributed by atoms with E-state index in [1.807, 2.05) is 12.1 Å². The lowest BCUT2D eigenvalue weighted by atomic mass is 10.0. The minimum Gasteiger partial charge on any atom is -0.377 e. The third kappa shape index (κ3) is 6.70. The number of rotatable bonds is 2. The molecule has 0 aliphatic heterocycles. The summed E-state index contributed by atoms with van der Waals surface area (Å²) in [5, 5.41) is 8.27. The highest BCUT2D eigenvalue weighted by atomic mass is 32.1. The topological polar surface area (TPSA) is 81.5 Å². The van der Waals surface area contributed by atoms with Crippen LogP contribution in [0, 0.1) is 0 Å². The van der Waals surface area contributed by atoms with E-state index < -0.39 is 0 Å². The molecule has 0 aliphatic rings. The second-order valence-corrected chi connectivity index (χ2v) is 3.69. The van der Waals surface area contributed by atoms with E-state index >= 15 is 0 Å². The SMILES string of the molecule is CC(C)c1ccc(OO)cc1.NC(N)=S. The summed E-state index contributed by atoms with van der Waals surface area (Å²) in [6.07, 6.45) is 0. The Morgan fingerprint density at radius 3 is 1.93 bits per heavy atom. The standard InChI is InChI=1S/C9H12O2.CH4N2S/c1-7(2)8-3-5-9(11-10)6-4-8;2-1(3)4/h3-7,10H,1-2H3;(H4,2,3,4). The highest BCUT2D eigenvalue weighted by molar-refractivity contribution is 7.80. The first-order chi connectivity index (χ1) is 6.97. The highest BCUT2D eigenvalue weighted by Crippen LogP contribution is 2.17. The van der Waals surface area contributed by atoms with Gasteiger partial charge in [0.15, 0.2) is 10.9 Å². The molecule has 0 unspecified atom stereocenters. The van der Waals surface area contributed by atoms with Gasteiger partial charge in [-0.15, -0.1) is 0 Å². The average molecular weight is 228 g/mol. The average Bonchev–Trinajstić information content (AvgIpc) is 2.17. The zero-order chi connectivity index (χ0) is 11.8. The van der Waals surface area contributed by atoms with E-state index in [0.29, 0.717) is 11.7 Å². The Balaban J connectivity index is 0.000000423. The maximum atomic E-state index is 8.27. The molecule has 0 spiro atoms. The summed E-state index contributed by atoms with van der Waals surface area (Å²) < 4.78 is 0. The van der Waals surface area contributed by atoms with Crippen molar-refractivity contribution in [3.8, 4) is 5.75 Å². The van der Waals surface area contributed by atoms with Crippen LogP contribution in [0.25, 0.3) is 0 Å². The maximum Gasteiger partial charge on any atom is 0.165 e. The van der Waals surface area contributed by atoms with Gasteiger partial charge in [-0.2, -0.15) is 0 Å². The van der Waals surface area contributed by atoms with Gasteiger partial charge in [0, 0.05) is 0 Å². The normalized spacial score (nSPS) is 9.07. The molecule has 0 radical (unpaired) electrons. The molecule has 5 heteroatoms. The first kappa shape index (κ1) is 13.7. The molecule has 15 heavy (non-hydrogen) atoms. The molecule has 1 rings (SSSR count). The van der Waals surface area contributed by atoms with E-state index in [-0.39, 0.29) is 5.11 Å². The number of hydrogen-bond donors (Lipinski definition) is 3. The van der Waals surface area contributed by atoms with Gasteiger partial charge in [0.2, 0.25) is 0 Å². The number of hydrogen-bond acceptors (Lipinski definition) is 3. The summed E-state index contributed by atoms with van der Waals surface area (Å²) in [4.78, 5) is 4.05. The van der Waals surface area contributed by atoms with Crippen molar-refractivity contribution in [2.24, 2.45) is 11.5 Å². The fourth-order valence-corrected chi connectivity index (χ4v) is 0.914. The fourth-order valence-electron chi connectivity index (χ4n) is 0.914. The Bertz CT molecular complexity index is 295. The summed E-state index contributed by atoms with van der Waals surface area (Å²) in [5.41, 5.74) is 10.5.